The molecule has 1 fully saturated rings. The number of fused-ring (bicyclic) bond motifs is 1. The molecule has 3 heterocycles. The molecule has 4 atom stereocenters. The minimum Gasteiger partial charge on any atom is -0.394 e. The molecule has 0 aromatic carbocycles. The quantitative estimate of drug-likeness (QED) is 0.556. The predicted molar refractivity (Wildman–Crippen MR) is 69.6 cm³/mol. The van der Waals surface area contributed by atoms with E-state index in [1.807, 2.05) is 0 Å². The fourth-order valence-electron chi connectivity index (χ4n) is 2.50. The van der Waals surface area contributed by atoms with Crippen LogP contribution in [0.2, 0.25) is 0 Å². The van der Waals surface area contributed by atoms with E-state index in [0.717, 1.165) is 0 Å². The van der Waals surface area contributed by atoms with Crippen molar-refractivity contribution in [2.75, 3.05) is 12.3 Å². The lowest BCUT2D eigenvalue weighted by molar-refractivity contribution is -0.0804. The van der Waals surface area contributed by atoms with Crippen LogP contribution >= 0.6 is 0 Å². The number of nitrogen functional groups attached to an aromatic ring is 1. The lowest BCUT2D eigenvalue weighted by Gasteiger charge is -2.25. The molecule has 20 heavy (non-hydrogen) atoms. The maximum Gasteiger partial charge on any atom is 0.164 e. The second-order valence-electron chi connectivity index (χ2n) is 5.09. The Morgan fingerprint density at radius 2 is 2.25 bits per heavy atom. The van der Waals surface area contributed by atoms with Gasteiger partial charge in [0.25, 0.3) is 0 Å². The lowest BCUT2D eigenvalue weighted by Crippen LogP contribution is -2.46. The zero-order valence-corrected chi connectivity index (χ0v) is 10.8. The molecule has 0 unspecified atom stereocenters. The normalized spacial score (nSPS) is 33.9. The van der Waals surface area contributed by atoms with Crippen molar-refractivity contribution >= 4 is 16.9 Å². The standard InChI is InChI=1S/C12H16N4O4/c1-12(19)7(4-17)20-11(8(12)18)16-3-2-6-9(13)14-5-15-10(6)16/h2-3,5,7-8,11,17-19H,4H2,1H3,(H2,13,14,15)/t7-,8+,11-,12+/m1/s1. The molecular weight excluding hydrogens is 264 g/mol. The van der Waals surface area contributed by atoms with Gasteiger partial charge in [0.05, 0.1) is 12.0 Å². The van der Waals surface area contributed by atoms with Crippen molar-refractivity contribution in [1.82, 2.24) is 14.5 Å². The molecule has 2 aromatic rings. The molecule has 2 aromatic heterocycles. The molecule has 1 saturated heterocycles. The van der Waals surface area contributed by atoms with Crippen LogP contribution in [-0.2, 0) is 4.74 Å². The van der Waals surface area contributed by atoms with E-state index < -0.39 is 30.6 Å². The van der Waals surface area contributed by atoms with Crippen molar-refractivity contribution in [2.45, 2.75) is 31.0 Å². The van der Waals surface area contributed by atoms with Gasteiger partial charge in [0, 0.05) is 6.20 Å². The van der Waals surface area contributed by atoms with E-state index in [1.54, 1.807) is 16.8 Å². The van der Waals surface area contributed by atoms with Crippen molar-refractivity contribution in [2.24, 2.45) is 0 Å². The Morgan fingerprint density at radius 1 is 1.50 bits per heavy atom. The monoisotopic (exact) mass is 280 g/mol. The van der Waals surface area contributed by atoms with Crippen LogP contribution in [0.3, 0.4) is 0 Å². The van der Waals surface area contributed by atoms with Crippen LogP contribution in [0.1, 0.15) is 13.2 Å². The number of ether oxygens (including phenoxy) is 1. The van der Waals surface area contributed by atoms with E-state index in [1.165, 1.54) is 13.3 Å². The van der Waals surface area contributed by atoms with Crippen LogP contribution in [0.4, 0.5) is 5.82 Å². The molecule has 1 aliphatic heterocycles. The Bertz CT molecular complexity index is 641. The maximum absolute atomic E-state index is 10.2. The smallest absolute Gasteiger partial charge is 0.164 e. The summed E-state index contributed by atoms with van der Waals surface area (Å²) in [6, 6.07) is 1.71. The van der Waals surface area contributed by atoms with Gasteiger partial charge >= 0.3 is 0 Å². The van der Waals surface area contributed by atoms with Gasteiger partial charge in [0.15, 0.2) is 6.23 Å². The van der Waals surface area contributed by atoms with Gasteiger partial charge in [0.2, 0.25) is 0 Å². The summed E-state index contributed by atoms with van der Waals surface area (Å²) in [5.74, 6) is 0.326. The fourth-order valence-corrected chi connectivity index (χ4v) is 2.50. The number of anilines is 1. The van der Waals surface area contributed by atoms with Crippen molar-refractivity contribution < 1.29 is 20.1 Å². The molecule has 0 spiro atoms. The van der Waals surface area contributed by atoms with Crippen LogP contribution in [0.5, 0.6) is 0 Å². The zero-order valence-electron chi connectivity index (χ0n) is 10.8. The van der Waals surface area contributed by atoms with Crippen LogP contribution in [0.25, 0.3) is 11.0 Å². The summed E-state index contributed by atoms with van der Waals surface area (Å²) in [6.07, 6.45) is 0.0378. The number of nitrogens with two attached hydrogens (primary N) is 1. The van der Waals surface area contributed by atoms with E-state index >= 15 is 0 Å². The number of hydrogen-bond acceptors (Lipinski definition) is 7. The second kappa shape index (κ2) is 4.38. The van der Waals surface area contributed by atoms with E-state index in [0.29, 0.717) is 16.9 Å². The van der Waals surface area contributed by atoms with Crippen molar-refractivity contribution in [3.8, 4) is 0 Å². The topological polar surface area (TPSA) is 127 Å². The van der Waals surface area contributed by atoms with Crippen LogP contribution in [0.15, 0.2) is 18.6 Å². The Kier molecular flexibility index (Phi) is 2.91. The Hall–Kier alpha value is -1.74. The largest absolute Gasteiger partial charge is 0.394 e. The highest BCUT2D eigenvalue weighted by Gasteiger charge is 2.52. The zero-order chi connectivity index (χ0) is 14.5. The van der Waals surface area contributed by atoms with Gasteiger partial charge in [-0.25, -0.2) is 9.97 Å². The molecular formula is C12H16N4O4. The Labute approximate surface area is 114 Å². The third-order valence-electron chi connectivity index (χ3n) is 3.80. The lowest BCUT2D eigenvalue weighted by atomic mass is 9.95. The Morgan fingerprint density at radius 3 is 2.90 bits per heavy atom. The number of aliphatic hydroxyl groups excluding tert-OH is 2. The molecule has 3 rings (SSSR count). The second-order valence-corrected chi connectivity index (χ2v) is 5.09. The highest BCUT2D eigenvalue weighted by atomic mass is 16.6. The first-order valence-corrected chi connectivity index (χ1v) is 6.20. The SMILES string of the molecule is C[C@]1(O)[C@@H](CO)O[C@@H](n2ccc3c(N)ncnc32)[C@@H]1O. The molecule has 0 bridgehead atoms. The summed E-state index contributed by atoms with van der Waals surface area (Å²) in [4.78, 5) is 8.00. The summed E-state index contributed by atoms with van der Waals surface area (Å²) in [7, 11) is 0. The minimum atomic E-state index is -1.55. The fraction of sp³-hybridized carbons (Fsp3) is 0.500. The summed E-state index contributed by atoms with van der Waals surface area (Å²) in [5, 5.41) is 30.3. The van der Waals surface area contributed by atoms with Gasteiger partial charge in [0.1, 0.15) is 35.6 Å². The number of rotatable bonds is 2. The summed E-state index contributed by atoms with van der Waals surface area (Å²) in [5.41, 5.74) is 4.70. The van der Waals surface area contributed by atoms with Crippen LogP contribution in [-0.4, -0.2) is 54.3 Å². The number of nitrogens with zero attached hydrogens (tertiary/aromatic N) is 3. The maximum atomic E-state index is 10.2. The molecule has 108 valence electrons. The van der Waals surface area contributed by atoms with Crippen LogP contribution in [0, 0.1) is 0 Å². The molecule has 0 aliphatic carbocycles. The molecule has 8 nitrogen and oxygen atoms in total. The Balaban J connectivity index is 2.06. The minimum absolute atomic E-state index is 0.326. The molecule has 1 aliphatic rings. The van der Waals surface area contributed by atoms with E-state index in [4.69, 9.17) is 10.5 Å². The van der Waals surface area contributed by atoms with Crippen molar-refractivity contribution in [3.05, 3.63) is 18.6 Å². The molecule has 0 amide bonds. The number of aliphatic hydroxyl groups is 3. The van der Waals surface area contributed by atoms with Crippen molar-refractivity contribution in [1.29, 1.82) is 0 Å². The summed E-state index contributed by atoms with van der Waals surface area (Å²) < 4.78 is 7.11. The number of aromatic nitrogens is 3. The van der Waals surface area contributed by atoms with E-state index in [-0.39, 0.29) is 0 Å². The molecule has 0 saturated carbocycles. The van der Waals surface area contributed by atoms with Gasteiger partial charge in [-0.1, -0.05) is 0 Å². The average molecular weight is 280 g/mol. The molecule has 0 radical (unpaired) electrons. The summed E-state index contributed by atoms with van der Waals surface area (Å²) >= 11 is 0. The van der Waals surface area contributed by atoms with Gasteiger partial charge in [-0.15, -0.1) is 0 Å². The van der Waals surface area contributed by atoms with E-state index in [9.17, 15) is 15.3 Å². The number of hydrogen-bond donors (Lipinski definition) is 4. The molecule has 8 heteroatoms. The van der Waals surface area contributed by atoms with Gasteiger partial charge in [-0.2, -0.15) is 0 Å². The molecule has 5 N–H and O–H groups in total. The van der Waals surface area contributed by atoms with Gasteiger partial charge in [-0.05, 0) is 13.0 Å². The third-order valence-corrected chi connectivity index (χ3v) is 3.80. The van der Waals surface area contributed by atoms with Crippen LogP contribution < -0.4 is 5.73 Å². The van der Waals surface area contributed by atoms with E-state index in [2.05, 4.69) is 9.97 Å². The highest BCUT2D eigenvalue weighted by molar-refractivity contribution is 5.86. The average Bonchev–Trinajstić information content (AvgIpc) is 2.92. The summed E-state index contributed by atoms with van der Waals surface area (Å²) in [6.45, 7) is 1.03. The van der Waals surface area contributed by atoms with Gasteiger partial charge in [-0.3, -0.25) is 0 Å². The first kappa shape index (κ1) is 13.3. The predicted octanol–water partition coefficient (Wildman–Crippen LogP) is -0.985. The highest BCUT2D eigenvalue weighted by Crippen LogP contribution is 2.38. The van der Waals surface area contributed by atoms with Crippen molar-refractivity contribution in [3.63, 3.8) is 0 Å². The van der Waals surface area contributed by atoms with Gasteiger partial charge < -0.3 is 30.4 Å². The first-order chi connectivity index (χ1) is 9.46. The first-order valence-electron chi connectivity index (χ1n) is 6.20. The third kappa shape index (κ3) is 1.70.